The Hall–Kier alpha value is -1.14. The van der Waals surface area contributed by atoms with Crippen molar-refractivity contribution in [3.8, 4) is 10.4 Å². The molecule has 1 aromatic heterocycles. The molecule has 0 aliphatic rings. The zero-order chi connectivity index (χ0) is 12.7. The minimum Gasteiger partial charge on any atom is -0.203 e. The van der Waals surface area contributed by atoms with Gasteiger partial charge < -0.3 is 0 Å². The van der Waals surface area contributed by atoms with E-state index in [-0.39, 0.29) is 9.21 Å². The molecule has 0 spiro atoms. The predicted octanol–water partition coefficient (Wildman–Crippen LogP) is 4.76. The molecule has 0 nitrogen and oxygen atoms in total. The maximum absolute atomic E-state index is 13.3. The lowest BCUT2D eigenvalue weighted by Gasteiger charge is -2.05. The maximum Gasteiger partial charge on any atom is 0.200 e. The van der Waals surface area contributed by atoms with Gasteiger partial charge in [-0.05, 0) is 12.1 Å². The van der Waals surface area contributed by atoms with E-state index in [4.69, 9.17) is 11.6 Å². The molecular weight excluding hydrogens is 283 g/mol. The van der Waals surface area contributed by atoms with Gasteiger partial charge in [0.05, 0.1) is 9.90 Å². The van der Waals surface area contributed by atoms with Gasteiger partial charge in [-0.1, -0.05) is 11.6 Å². The molecule has 1 aromatic carbocycles. The highest BCUT2D eigenvalue weighted by Crippen LogP contribution is 2.36. The van der Waals surface area contributed by atoms with Gasteiger partial charge in [0, 0.05) is 4.88 Å². The molecular formula is C10H2ClF5S. The van der Waals surface area contributed by atoms with Crippen LogP contribution < -0.4 is 0 Å². The largest absolute Gasteiger partial charge is 0.203 e. The summed E-state index contributed by atoms with van der Waals surface area (Å²) < 4.78 is 65.4. The maximum atomic E-state index is 13.3. The molecule has 2 rings (SSSR count). The SMILES string of the molecule is Fc1c(F)c(F)c(-c2ccc(Cl)s2)c(F)c1F. The Morgan fingerprint density at radius 2 is 1.24 bits per heavy atom. The van der Waals surface area contributed by atoms with E-state index < -0.39 is 34.6 Å². The lowest BCUT2D eigenvalue weighted by molar-refractivity contribution is 0.381. The van der Waals surface area contributed by atoms with Crippen molar-refractivity contribution in [2.24, 2.45) is 0 Å². The Morgan fingerprint density at radius 3 is 1.65 bits per heavy atom. The van der Waals surface area contributed by atoms with E-state index in [0.29, 0.717) is 0 Å². The van der Waals surface area contributed by atoms with E-state index in [1.165, 1.54) is 12.1 Å². The second kappa shape index (κ2) is 4.27. The van der Waals surface area contributed by atoms with Crippen LogP contribution in [0.4, 0.5) is 22.0 Å². The normalized spacial score (nSPS) is 10.9. The van der Waals surface area contributed by atoms with Crippen LogP contribution in [0.5, 0.6) is 0 Å². The highest BCUT2D eigenvalue weighted by atomic mass is 35.5. The van der Waals surface area contributed by atoms with E-state index >= 15 is 0 Å². The van der Waals surface area contributed by atoms with Crippen LogP contribution in [0.2, 0.25) is 4.34 Å². The Bertz CT molecular complexity index is 564. The summed E-state index contributed by atoms with van der Waals surface area (Å²) in [7, 11) is 0. The fraction of sp³-hybridized carbons (Fsp3) is 0. The van der Waals surface area contributed by atoms with E-state index in [9.17, 15) is 22.0 Å². The molecule has 90 valence electrons. The average Bonchev–Trinajstić information content (AvgIpc) is 2.71. The smallest absolute Gasteiger partial charge is 0.200 e. The van der Waals surface area contributed by atoms with Crippen molar-refractivity contribution >= 4 is 22.9 Å². The van der Waals surface area contributed by atoms with Crippen molar-refractivity contribution in [2.45, 2.75) is 0 Å². The monoisotopic (exact) mass is 284 g/mol. The highest BCUT2D eigenvalue weighted by Gasteiger charge is 2.27. The first-order valence-electron chi connectivity index (χ1n) is 4.20. The van der Waals surface area contributed by atoms with Gasteiger partial charge in [-0.25, -0.2) is 22.0 Å². The minimum atomic E-state index is -2.17. The third kappa shape index (κ3) is 1.91. The third-order valence-electron chi connectivity index (χ3n) is 2.03. The van der Waals surface area contributed by atoms with Crippen molar-refractivity contribution < 1.29 is 22.0 Å². The van der Waals surface area contributed by atoms with Crippen molar-refractivity contribution in [1.82, 2.24) is 0 Å². The summed E-state index contributed by atoms with van der Waals surface area (Å²) in [6.45, 7) is 0. The Morgan fingerprint density at radius 1 is 0.765 bits per heavy atom. The molecule has 0 N–H and O–H groups in total. The molecule has 17 heavy (non-hydrogen) atoms. The Labute approximate surface area is 101 Å². The van der Waals surface area contributed by atoms with Gasteiger partial charge in [0.15, 0.2) is 23.3 Å². The molecule has 0 fully saturated rings. The summed E-state index contributed by atoms with van der Waals surface area (Å²) in [4.78, 5) is -0.122. The van der Waals surface area contributed by atoms with Crippen molar-refractivity contribution in [2.75, 3.05) is 0 Å². The van der Waals surface area contributed by atoms with Crippen LogP contribution in [0.15, 0.2) is 12.1 Å². The molecule has 0 saturated carbocycles. The number of halogens is 6. The molecule has 0 saturated heterocycles. The average molecular weight is 285 g/mol. The molecule has 0 unspecified atom stereocenters. The fourth-order valence-electron chi connectivity index (χ4n) is 1.27. The lowest BCUT2D eigenvalue weighted by atomic mass is 10.1. The van der Waals surface area contributed by atoms with Gasteiger partial charge >= 0.3 is 0 Å². The Kier molecular flexibility index (Phi) is 3.09. The summed E-state index contributed by atoms with van der Waals surface area (Å²) in [5.74, 6) is -9.84. The molecule has 0 bridgehead atoms. The fourth-order valence-corrected chi connectivity index (χ4v) is 2.35. The lowest BCUT2D eigenvalue weighted by Crippen LogP contribution is -2.03. The van der Waals surface area contributed by atoms with Gasteiger partial charge in [0.1, 0.15) is 0 Å². The summed E-state index contributed by atoms with van der Waals surface area (Å²) in [6, 6.07) is 2.49. The molecule has 0 aliphatic carbocycles. The van der Waals surface area contributed by atoms with Gasteiger partial charge in [0.25, 0.3) is 0 Å². The van der Waals surface area contributed by atoms with Crippen LogP contribution in [0, 0.1) is 29.1 Å². The van der Waals surface area contributed by atoms with Gasteiger partial charge in [-0.3, -0.25) is 0 Å². The molecule has 0 radical (unpaired) electrons. The minimum absolute atomic E-state index is 0.122. The molecule has 0 atom stereocenters. The first-order valence-corrected chi connectivity index (χ1v) is 5.40. The molecule has 1 heterocycles. The molecule has 0 amide bonds. The van der Waals surface area contributed by atoms with Crippen LogP contribution >= 0.6 is 22.9 Å². The van der Waals surface area contributed by atoms with Crippen LogP contribution in [0.3, 0.4) is 0 Å². The van der Waals surface area contributed by atoms with E-state index in [0.717, 1.165) is 11.3 Å². The van der Waals surface area contributed by atoms with Crippen molar-refractivity contribution in [1.29, 1.82) is 0 Å². The van der Waals surface area contributed by atoms with Crippen molar-refractivity contribution in [3.63, 3.8) is 0 Å². The quantitative estimate of drug-likeness (QED) is 0.402. The number of hydrogen-bond acceptors (Lipinski definition) is 1. The molecule has 0 aliphatic heterocycles. The number of thiophene rings is 1. The summed E-state index contributed by atoms with van der Waals surface area (Å²) in [6.07, 6.45) is 0. The number of benzene rings is 1. The third-order valence-corrected chi connectivity index (χ3v) is 3.28. The van der Waals surface area contributed by atoms with Crippen LogP contribution in [-0.2, 0) is 0 Å². The molecule has 7 heteroatoms. The van der Waals surface area contributed by atoms with Gasteiger partial charge in [-0.2, -0.15) is 0 Å². The Balaban J connectivity index is 2.78. The molecule has 2 aromatic rings. The van der Waals surface area contributed by atoms with Gasteiger partial charge in [-0.15, -0.1) is 11.3 Å². The summed E-state index contributed by atoms with van der Waals surface area (Å²) in [5, 5.41) is 0. The first kappa shape index (κ1) is 12.3. The topological polar surface area (TPSA) is 0 Å². The second-order valence-corrected chi connectivity index (χ2v) is 4.76. The standard InChI is InChI=1S/C10H2ClF5S/c11-4-2-1-3(17-4)5-6(12)8(14)10(16)9(15)7(5)13/h1-2H. The number of hydrogen-bond donors (Lipinski definition) is 0. The van der Waals surface area contributed by atoms with Gasteiger partial charge in [0.2, 0.25) is 5.82 Å². The zero-order valence-corrected chi connectivity index (χ0v) is 9.40. The van der Waals surface area contributed by atoms with E-state index in [1.807, 2.05) is 0 Å². The van der Waals surface area contributed by atoms with E-state index in [2.05, 4.69) is 0 Å². The van der Waals surface area contributed by atoms with Crippen LogP contribution in [0.25, 0.3) is 10.4 Å². The van der Waals surface area contributed by atoms with Crippen LogP contribution in [0.1, 0.15) is 0 Å². The number of rotatable bonds is 1. The predicted molar refractivity (Wildman–Crippen MR) is 54.6 cm³/mol. The summed E-state index contributed by atoms with van der Waals surface area (Å²) in [5.41, 5.74) is -0.960. The summed E-state index contributed by atoms with van der Waals surface area (Å²) >= 11 is 6.26. The van der Waals surface area contributed by atoms with E-state index in [1.54, 1.807) is 0 Å². The van der Waals surface area contributed by atoms with Crippen LogP contribution in [-0.4, -0.2) is 0 Å². The highest BCUT2D eigenvalue weighted by molar-refractivity contribution is 7.19. The first-order chi connectivity index (χ1) is 7.93. The van der Waals surface area contributed by atoms with Crippen molar-refractivity contribution in [3.05, 3.63) is 45.6 Å². The zero-order valence-electron chi connectivity index (χ0n) is 7.83. The second-order valence-electron chi connectivity index (χ2n) is 3.05.